The lowest BCUT2D eigenvalue weighted by Crippen LogP contribution is -2.30. The van der Waals surface area contributed by atoms with Gasteiger partial charge in [-0.15, -0.1) is 0 Å². The van der Waals surface area contributed by atoms with Crippen LogP contribution in [0.2, 0.25) is 0 Å². The van der Waals surface area contributed by atoms with Gasteiger partial charge in [0.05, 0.1) is 5.92 Å². The Kier molecular flexibility index (Phi) is 3.74. The standard InChI is InChI=1S/C11H14F3N/c1-8(7-15)10(11(12,13)14)9-5-3-2-4-6-9/h2-6,8,10H,7,15H2,1H3. The van der Waals surface area contributed by atoms with Crippen LogP contribution < -0.4 is 5.73 Å². The topological polar surface area (TPSA) is 26.0 Å². The average molecular weight is 217 g/mol. The van der Waals surface area contributed by atoms with Crippen molar-refractivity contribution in [2.45, 2.75) is 19.0 Å². The summed E-state index contributed by atoms with van der Waals surface area (Å²) in [5, 5.41) is 0. The van der Waals surface area contributed by atoms with Crippen LogP contribution in [0.25, 0.3) is 0 Å². The Morgan fingerprint density at radius 2 is 1.73 bits per heavy atom. The molecule has 0 spiro atoms. The van der Waals surface area contributed by atoms with Gasteiger partial charge in [0.1, 0.15) is 0 Å². The zero-order valence-corrected chi connectivity index (χ0v) is 8.46. The lowest BCUT2D eigenvalue weighted by Gasteiger charge is -2.25. The summed E-state index contributed by atoms with van der Waals surface area (Å²) < 4.78 is 38.4. The van der Waals surface area contributed by atoms with Gasteiger partial charge in [0, 0.05) is 0 Å². The Morgan fingerprint density at radius 1 is 1.20 bits per heavy atom. The molecule has 0 saturated heterocycles. The molecule has 2 atom stereocenters. The lowest BCUT2D eigenvalue weighted by atomic mass is 9.87. The fraction of sp³-hybridized carbons (Fsp3) is 0.455. The summed E-state index contributed by atoms with van der Waals surface area (Å²) in [5.74, 6) is -2.07. The molecule has 0 aliphatic rings. The van der Waals surface area contributed by atoms with Crippen LogP contribution >= 0.6 is 0 Å². The third kappa shape index (κ3) is 2.96. The van der Waals surface area contributed by atoms with Crippen molar-refractivity contribution >= 4 is 0 Å². The van der Waals surface area contributed by atoms with E-state index in [0.29, 0.717) is 0 Å². The van der Waals surface area contributed by atoms with Crippen molar-refractivity contribution in [3.8, 4) is 0 Å². The first-order valence-electron chi connectivity index (χ1n) is 4.78. The van der Waals surface area contributed by atoms with Gasteiger partial charge in [-0.2, -0.15) is 13.2 Å². The first-order valence-corrected chi connectivity index (χ1v) is 4.78. The summed E-state index contributed by atoms with van der Waals surface area (Å²) in [6.45, 7) is 1.55. The van der Waals surface area contributed by atoms with E-state index in [2.05, 4.69) is 0 Å². The second-order valence-corrected chi connectivity index (χ2v) is 3.64. The van der Waals surface area contributed by atoms with Crippen LogP contribution in [0.5, 0.6) is 0 Å². The van der Waals surface area contributed by atoms with Crippen LogP contribution in [0.1, 0.15) is 18.4 Å². The molecule has 4 heteroatoms. The molecule has 84 valence electrons. The van der Waals surface area contributed by atoms with Gasteiger partial charge in [0.2, 0.25) is 0 Å². The summed E-state index contributed by atoms with van der Waals surface area (Å²) in [7, 11) is 0. The van der Waals surface area contributed by atoms with E-state index in [1.165, 1.54) is 19.1 Å². The minimum absolute atomic E-state index is 0.0269. The van der Waals surface area contributed by atoms with Crippen molar-refractivity contribution in [1.29, 1.82) is 0 Å². The average Bonchev–Trinajstić information content (AvgIpc) is 2.17. The summed E-state index contributed by atoms with van der Waals surface area (Å²) in [4.78, 5) is 0. The smallest absolute Gasteiger partial charge is 0.330 e. The maximum atomic E-state index is 12.8. The fourth-order valence-electron chi connectivity index (χ4n) is 1.64. The second-order valence-electron chi connectivity index (χ2n) is 3.64. The zero-order valence-electron chi connectivity index (χ0n) is 8.46. The van der Waals surface area contributed by atoms with E-state index in [4.69, 9.17) is 5.73 Å². The highest BCUT2D eigenvalue weighted by Gasteiger charge is 2.43. The third-order valence-corrected chi connectivity index (χ3v) is 2.45. The summed E-state index contributed by atoms with van der Waals surface area (Å²) in [5.41, 5.74) is 5.59. The molecule has 0 aromatic heterocycles. The van der Waals surface area contributed by atoms with Gasteiger partial charge in [-0.25, -0.2) is 0 Å². The van der Waals surface area contributed by atoms with Crippen molar-refractivity contribution < 1.29 is 13.2 Å². The van der Waals surface area contributed by atoms with E-state index in [9.17, 15) is 13.2 Å². The van der Waals surface area contributed by atoms with E-state index in [1.807, 2.05) is 0 Å². The normalized spacial score (nSPS) is 16.1. The molecule has 0 aliphatic carbocycles. The van der Waals surface area contributed by atoms with E-state index in [0.717, 1.165) is 0 Å². The maximum Gasteiger partial charge on any atom is 0.396 e. The predicted molar refractivity (Wildman–Crippen MR) is 53.5 cm³/mol. The summed E-state index contributed by atoms with van der Waals surface area (Å²) in [6.07, 6.45) is -4.24. The van der Waals surface area contributed by atoms with Gasteiger partial charge in [-0.05, 0) is 18.0 Å². The van der Waals surface area contributed by atoms with Crippen molar-refractivity contribution in [3.05, 3.63) is 35.9 Å². The Bertz CT molecular complexity index is 294. The second kappa shape index (κ2) is 4.66. The van der Waals surface area contributed by atoms with E-state index >= 15 is 0 Å². The number of hydrogen-bond donors (Lipinski definition) is 1. The van der Waals surface area contributed by atoms with Crippen LogP contribution in [0.15, 0.2) is 30.3 Å². The number of benzene rings is 1. The van der Waals surface area contributed by atoms with Crippen molar-refractivity contribution in [1.82, 2.24) is 0 Å². The number of alkyl halides is 3. The predicted octanol–water partition coefficient (Wildman–Crippen LogP) is 2.93. The monoisotopic (exact) mass is 217 g/mol. The molecule has 1 aromatic carbocycles. The minimum atomic E-state index is -4.24. The fourth-order valence-corrected chi connectivity index (χ4v) is 1.64. The molecule has 0 amide bonds. The molecule has 2 N–H and O–H groups in total. The molecule has 1 rings (SSSR count). The Hall–Kier alpha value is -1.03. The molecule has 0 radical (unpaired) electrons. The molecule has 0 bridgehead atoms. The quantitative estimate of drug-likeness (QED) is 0.827. The molecule has 1 nitrogen and oxygen atoms in total. The minimum Gasteiger partial charge on any atom is -0.330 e. The van der Waals surface area contributed by atoms with Gasteiger partial charge < -0.3 is 5.73 Å². The summed E-state index contributed by atoms with van der Waals surface area (Å²) in [6, 6.07) is 7.90. The first kappa shape index (κ1) is 12.0. The number of rotatable bonds is 3. The highest BCUT2D eigenvalue weighted by molar-refractivity contribution is 5.21. The van der Waals surface area contributed by atoms with E-state index in [1.54, 1.807) is 18.2 Å². The first-order chi connectivity index (χ1) is 6.96. The molecule has 15 heavy (non-hydrogen) atoms. The Labute approximate surface area is 87.1 Å². The van der Waals surface area contributed by atoms with E-state index in [-0.39, 0.29) is 12.1 Å². The zero-order chi connectivity index (χ0) is 11.5. The van der Waals surface area contributed by atoms with Crippen molar-refractivity contribution in [2.75, 3.05) is 6.54 Å². The molecule has 1 aromatic rings. The maximum absolute atomic E-state index is 12.8. The number of nitrogens with two attached hydrogens (primary N) is 1. The molecule has 0 heterocycles. The van der Waals surface area contributed by atoms with Gasteiger partial charge >= 0.3 is 6.18 Å². The molecule has 0 saturated carbocycles. The number of hydrogen-bond acceptors (Lipinski definition) is 1. The van der Waals surface area contributed by atoms with Crippen LogP contribution in [0.3, 0.4) is 0 Å². The third-order valence-electron chi connectivity index (χ3n) is 2.45. The van der Waals surface area contributed by atoms with Crippen molar-refractivity contribution in [3.63, 3.8) is 0 Å². The molecular weight excluding hydrogens is 203 g/mol. The van der Waals surface area contributed by atoms with Crippen LogP contribution in [-0.4, -0.2) is 12.7 Å². The molecule has 2 unspecified atom stereocenters. The van der Waals surface area contributed by atoms with E-state index < -0.39 is 18.0 Å². The van der Waals surface area contributed by atoms with Gasteiger partial charge in [0.15, 0.2) is 0 Å². The number of halogens is 3. The Morgan fingerprint density at radius 3 is 2.13 bits per heavy atom. The lowest BCUT2D eigenvalue weighted by molar-refractivity contribution is -0.160. The van der Waals surface area contributed by atoms with Gasteiger partial charge in [-0.1, -0.05) is 37.3 Å². The van der Waals surface area contributed by atoms with Crippen LogP contribution in [0, 0.1) is 5.92 Å². The van der Waals surface area contributed by atoms with Crippen LogP contribution in [0.4, 0.5) is 13.2 Å². The SMILES string of the molecule is CC(CN)C(c1ccccc1)C(F)(F)F. The van der Waals surface area contributed by atoms with Gasteiger partial charge in [-0.3, -0.25) is 0 Å². The molecule has 0 fully saturated rings. The summed E-state index contributed by atoms with van der Waals surface area (Å²) >= 11 is 0. The van der Waals surface area contributed by atoms with Crippen LogP contribution in [-0.2, 0) is 0 Å². The molecule has 0 aliphatic heterocycles. The highest BCUT2D eigenvalue weighted by atomic mass is 19.4. The highest BCUT2D eigenvalue weighted by Crippen LogP contribution is 2.39. The van der Waals surface area contributed by atoms with Crippen molar-refractivity contribution in [2.24, 2.45) is 11.7 Å². The van der Waals surface area contributed by atoms with Gasteiger partial charge in [0.25, 0.3) is 0 Å². The molecular formula is C11H14F3N. The largest absolute Gasteiger partial charge is 0.396 e. The Balaban J connectivity index is 3.02.